The number of amides is 3. The van der Waals surface area contributed by atoms with Crippen LogP contribution in [0.25, 0.3) is 0 Å². The van der Waals surface area contributed by atoms with Crippen LogP contribution in [-0.4, -0.2) is 29.2 Å². The third kappa shape index (κ3) is 3.17. The van der Waals surface area contributed by atoms with Crippen LogP contribution >= 0.6 is 15.9 Å². The first-order chi connectivity index (χ1) is 12.2. The number of nitrogens with zero attached hydrogens (tertiary/aromatic N) is 1. The lowest BCUT2D eigenvalue weighted by Crippen LogP contribution is -2.41. The SMILES string of the molecule is Cc1ccc(C)c(C(=O)CN2C(=O)N[C@@](C)(c3cccc(Br)c3)C2=O)c1. The van der Waals surface area contributed by atoms with Gasteiger partial charge in [0.25, 0.3) is 5.91 Å². The molecule has 1 saturated heterocycles. The van der Waals surface area contributed by atoms with Gasteiger partial charge in [-0.3, -0.25) is 14.5 Å². The largest absolute Gasteiger partial charge is 0.325 e. The molecule has 0 aliphatic carbocycles. The topological polar surface area (TPSA) is 66.5 Å². The first kappa shape index (κ1) is 18.3. The number of carbonyl (C=O) groups excluding carboxylic acids is 3. The van der Waals surface area contributed by atoms with Gasteiger partial charge in [-0.2, -0.15) is 0 Å². The Labute approximate surface area is 160 Å². The summed E-state index contributed by atoms with van der Waals surface area (Å²) < 4.78 is 0.809. The number of benzene rings is 2. The van der Waals surface area contributed by atoms with Crippen LogP contribution < -0.4 is 5.32 Å². The summed E-state index contributed by atoms with van der Waals surface area (Å²) in [6, 6.07) is 12.2. The van der Waals surface area contributed by atoms with Gasteiger partial charge >= 0.3 is 6.03 Å². The Bertz CT molecular complexity index is 925. The highest BCUT2D eigenvalue weighted by Crippen LogP contribution is 2.30. The minimum atomic E-state index is -1.19. The van der Waals surface area contributed by atoms with Crippen molar-refractivity contribution in [1.29, 1.82) is 0 Å². The molecule has 0 saturated carbocycles. The number of urea groups is 1. The standard InChI is InChI=1S/C20H19BrN2O3/c1-12-7-8-13(2)16(9-12)17(24)11-23-18(25)20(3,22-19(23)26)14-5-4-6-15(21)10-14/h4-10H,11H2,1-3H3,(H,22,26)/t20-/m0/s1. The number of halogens is 1. The second-order valence-electron chi connectivity index (χ2n) is 6.70. The van der Waals surface area contributed by atoms with E-state index in [2.05, 4.69) is 21.2 Å². The first-order valence-corrected chi connectivity index (χ1v) is 9.02. The number of hydrogen-bond donors (Lipinski definition) is 1. The van der Waals surface area contributed by atoms with E-state index in [9.17, 15) is 14.4 Å². The molecule has 1 atom stereocenters. The van der Waals surface area contributed by atoms with E-state index in [4.69, 9.17) is 0 Å². The normalized spacial score (nSPS) is 19.6. The highest BCUT2D eigenvalue weighted by atomic mass is 79.9. The lowest BCUT2D eigenvalue weighted by molar-refractivity contribution is -0.130. The molecule has 3 amide bonds. The molecular weight excluding hydrogens is 396 g/mol. The second kappa shape index (κ2) is 6.68. The quantitative estimate of drug-likeness (QED) is 0.612. The summed E-state index contributed by atoms with van der Waals surface area (Å²) >= 11 is 3.38. The molecule has 0 radical (unpaired) electrons. The third-order valence-corrected chi connectivity index (χ3v) is 5.17. The van der Waals surface area contributed by atoms with Crippen molar-refractivity contribution >= 4 is 33.7 Å². The molecule has 1 heterocycles. The zero-order valence-electron chi connectivity index (χ0n) is 14.8. The van der Waals surface area contributed by atoms with Crippen molar-refractivity contribution < 1.29 is 14.4 Å². The molecule has 0 spiro atoms. The summed E-state index contributed by atoms with van der Waals surface area (Å²) in [7, 11) is 0. The molecule has 6 heteroatoms. The van der Waals surface area contributed by atoms with Gasteiger partial charge in [-0.15, -0.1) is 0 Å². The summed E-state index contributed by atoms with van der Waals surface area (Å²) in [5.41, 5.74) is 1.77. The van der Waals surface area contributed by atoms with Crippen LogP contribution in [0.4, 0.5) is 4.79 Å². The molecule has 1 aliphatic heterocycles. The fourth-order valence-electron chi connectivity index (χ4n) is 3.10. The van der Waals surface area contributed by atoms with E-state index < -0.39 is 17.5 Å². The van der Waals surface area contributed by atoms with Gasteiger partial charge in [0.15, 0.2) is 5.78 Å². The molecule has 1 fully saturated rings. The third-order valence-electron chi connectivity index (χ3n) is 4.67. The van der Waals surface area contributed by atoms with E-state index in [1.807, 2.05) is 32.0 Å². The number of imide groups is 1. The van der Waals surface area contributed by atoms with E-state index in [-0.39, 0.29) is 12.3 Å². The van der Waals surface area contributed by atoms with Gasteiger partial charge in [-0.05, 0) is 50.1 Å². The Hall–Kier alpha value is -2.47. The highest BCUT2D eigenvalue weighted by molar-refractivity contribution is 9.10. The van der Waals surface area contributed by atoms with Crippen molar-refractivity contribution in [1.82, 2.24) is 10.2 Å². The van der Waals surface area contributed by atoms with Crippen LogP contribution in [0.1, 0.15) is 34.0 Å². The maximum absolute atomic E-state index is 12.9. The molecule has 0 aromatic heterocycles. The van der Waals surface area contributed by atoms with Gasteiger partial charge in [0.05, 0.1) is 6.54 Å². The Morgan fingerprint density at radius 1 is 1.15 bits per heavy atom. The van der Waals surface area contributed by atoms with Crippen LogP contribution in [0.15, 0.2) is 46.9 Å². The Balaban J connectivity index is 1.88. The van der Waals surface area contributed by atoms with E-state index in [0.29, 0.717) is 11.1 Å². The zero-order chi connectivity index (χ0) is 19.1. The number of aryl methyl sites for hydroxylation is 2. The number of rotatable bonds is 4. The van der Waals surface area contributed by atoms with Crippen LogP contribution in [0.3, 0.4) is 0 Å². The first-order valence-electron chi connectivity index (χ1n) is 8.23. The predicted octanol–water partition coefficient (Wildman–Crippen LogP) is 3.72. The van der Waals surface area contributed by atoms with E-state index >= 15 is 0 Å². The van der Waals surface area contributed by atoms with Crippen LogP contribution in [0.5, 0.6) is 0 Å². The second-order valence-corrected chi connectivity index (χ2v) is 7.61. The molecule has 3 rings (SSSR count). The molecule has 0 unspecified atom stereocenters. The van der Waals surface area contributed by atoms with Gasteiger partial charge < -0.3 is 5.32 Å². The minimum Gasteiger partial charge on any atom is -0.319 e. The molecule has 1 aliphatic rings. The molecule has 5 nitrogen and oxygen atoms in total. The summed E-state index contributed by atoms with van der Waals surface area (Å²) in [4.78, 5) is 39.0. The maximum atomic E-state index is 12.9. The Morgan fingerprint density at radius 3 is 2.58 bits per heavy atom. The number of hydrogen-bond acceptors (Lipinski definition) is 3. The van der Waals surface area contributed by atoms with Crippen LogP contribution in [0.2, 0.25) is 0 Å². The average Bonchev–Trinajstić information content (AvgIpc) is 2.81. The van der Waals surface area contributed by atoms with Crippen molar-refractivity contribution in [3.63, 3.8) is 0 Å². The van der Waals surface area contributed by atoms with Gasteiger partial charge in [0.2, 0.25) is 0 Å². The van der Waals surface area contributed by atoms with Crippen molar-refractivity contribution in [3.05, 3.63) is 69.2 Å². The average molecular weight is 415 g/mol. The van der Waals surface area contributed by atoms with E-state index in [1.54, 1.807) is 31.2 Å². The van der Waals surface area contributed by atoms with Crippen molar-refractivity contribution in [2.45, 2.75) is 26.3 Å². The number of Topliss-reactive ketones (excluding diaryl/α,β-unsaturated/α-hetero) is 1. The van der Waals surface area contributed by atoms with Crippen molar-refractivity contribution in [2.24, 2.45) is 0 Å². The number of nitrogens with one attached hydrogen (secondary N) is 1. The maximum Gasteiger partial charge on any atom is 0.325 e. The minimum absolute atomic E-state index is 0.256. The lowest BCUT2D eigenvalue weighted by Gasteiger charge is -2.22. The van der Waals surface area contributed by atoms with Gasteiger partial charge in [0.1, 0.15) is 5.54 Å². The lowest BCUT2D eigenvalue weighted by atomic mass is 9.92. The summed E-state index contributed by atoms with van der Waals surface area (Å²) in [6.45, 7) is 5.11. The molecule has 26 heavy (non-hydrogen) atoms. The number of carbonyl (C=O) groups is 3. The Kier molecular flexibility index (Phi) is 4.71. The molecule has 1 N–H and O–H groups in total. The van der Waals surface area contributed by atoms with E-state index in [0.717, 1.165) is 20.5 Å². The molecular formula is C20H19BrN2O3. The highest BCUT2D eigenvalue weighted by Gasteiger charge is 2.49. The fourth-order valence-corrected chi connectivity index (χ4v) is 3.50. The van der Waals surface area contributed by atoms with Crippen LogP contribution in [0, 0.1) is 13.8 Å². The van der Waals surface area contributed by atoms with Gasteiger partial charge in [-0.1, -0.05) is 45.8 Å². The smallest absolute Gasteiger partial charge is 0.319 e. The molecule has 134 valence electrons. The monoisotopic (exact) mass is 414 g/mol. The molecule has 2 aromatic rings. The fraction of sp³-hybridized carbons (Fsp3) is 0.250. The summed E-state index contributed by atoms with van der Waals surface area (Å²) in [5.74, 6) is -0.688. The Morgan fingerprint density at radius 2 is 1.88 bits per heavy atom. The predicted molar refractivity (Wildman–Crippen MR) is 102 cm³/mol. The summed E-state index contributed by atoms with van der Waals surface area (Å²) in [6.07, 6.45) is 0. The van der Waals surface area contributed by atoms with Gasteiger partial charge in [0, 0.05) is 10.0 Å². The van der Waals surface area contributed by atoms with E-state index in [1.165, 1.54) is 0 Å². The van der Waals surface area contributed by atoms with Crippen molar-refractivity contribution in [3.8, 4) is 0 Å². The van der Waals surface area contributed by atoms with Gasteiger partial charge in [-0.25, -0.2) is 4.79 Å². The molecule has 0 bridgehead atoms. The zero-order valence-corrected chi connectivity index (χ0v) is 16.4. The molecule has 2 aromatic carbocycles. The van der Waals surface area contributed by atoms with Crippen molar-refractivity contribution in [2.75, 3.05) is 6.54 Å². The van der Waals surface area contributed by atoms with Crippen LogP contribution in [-0.2, 0) is 10.3 Å². The summed E-state index contributed by atoms with van der Waals surface area (Å²) in [5, 5.41) is 2.72. The number of ketones is 1.